The second-order valence-electron chi connectivity index (χ2n) is 6.12. The van der Waals surface area contributed by atoms with Crippen molar-refractivity contribution in [1.82, 2.24) is 5.32 Å². The van der Waals surface area contributed by atoms with Crippen LogP contribution in [-0.2, 0) is 26.0 Å². The molecule has 0 aliphatic carbocycles. The number of primary sulfonamides is 1. The first-order valence-electron chi connectivity index (χ1n) is 8.13. The molecule has 1 aliphatic heterocycles. The van der Waals surface area contributed by atoms with Gasteiger partial charge in [0, 0.05) is 18.7 Å². The fourth-order valence-electron chi connectivity index (χ4n) is 2.94. The first kappa shape index (κ1) is 18.1. The lowest BCUT2D eigenvalue weighted by molar-refractivity contribution is -0.126. The first-order valence-corrected chi connectivity index (χ1v) is 9.67. The van der Waals surface area contributed by atoms with Crippen LogP contribution < -0.4 is 15.8 Å². The number of anilines is 1. The summed E-state index contributed by atoms with van der Waals surface area (Å²) in [5, 5.41) is 10.7. The average Bonchev–Trinajstić information content (AvgIpc) is 2.60. The van der Waals surface area contributed by atoms with Crippen LogP contribution in [0, 0.1) is 0 Å². The molecule has 0 aromatic heterocycles. The number of hydrogen-bond acceptors (Lipinski definition) is 4. The predicted molar refractivity (Wildman–Crippen MR) is 97.0 cm³/mol. The monoisotopic (exact) mass is 373 g/mol. The second kappa shape index (κ2) is 7.27. The summed E-state index contributed by atoms with van der Waals surface area (Å²) in [7, 11) is -3.71. The molecule has 1 heterocycles. The molecule has 0 fully saturated rings. The fourth-order valence-corrected chi connectivity index (χ4v) is 3.46. The standard InChI is InChI=1S/C18H19N3O4S/c19-26(24,25)13-7-5-12(6-8-13)9-10-20-18(23)15-11-17(22)21-16-4-2-1-3-14(15)16/h1-8,15H,9-11H2,(H,20,23)(H,21,22)(H2,19,24,25). The van der Waals surface area contributed by atoms with Crippen LogP contribution in [0.3, 0.4) is 0 Å². The molecule has 7 nitrogen and oxygen atoms in total. The molecule has 2 amide bonds. The number of carbonyl (C=O) groups is 2. The number of carbonyl (C=O) groups excluding carboxylic acids is 2. The van der Waals surface area contributed by atoms with Crippen LogP contribution >= 0.6 is 0 Å². The van der Waals surface area contributed by atoms with E-state index in [0.29, 0.717) is 18.7 Å². The molecule has 4 N–H and O–H groups in total. The minimum absolute atomic E-state index is 0.0510. The Labute approximate surface area is 151 Å². The van der Waals surface area contributed by atoms with Gasteiger partial charge in [-0.15, -0.1) is 0 Å². The molecule has 8 heteroatoms. The van der Waals surface area contributed by atoms with Crippen molar-refractivity contribution in [2.45, 2.75) is 23.7 Å². The summed E-state index contributed by atoms with van der Waals surface area (Å²) in [6.07, 6.45) is 0.656. The summed E-state index contributed by atoms with van der Waals surface area (Å²) in [4.78, 5) is 24.3. The van der Waals surface area contributed by atoms with E-state index in [1.54, 1.807) is 18.2 Å². The van der Waals surface area contributed by atoms with E-state index in [2.05, 4.69) is 10.6 Å². The fraction of sp³-hybridized carbons (Fsp3) is 0.222. The molecule has 0 saturated carbocycles. The molecule has 0 spiro atoms. The lowest BCUT2D eigenvalue weighted by atomic mass is 9.90. The van der Waals surface area contributed by atoms with Gasteiger partial charge in [-0.25, -0.2) is 13.6 Å². The highest BCUT2D eigenvalue weighted by molar-refractivity contribution is 7.89. The zero-order valence-corrected chi connectivity index (χ0v) is 14.8. The molecule has 0 saturated heterocycles. The third-order valence-corrected chi connectivity index (χ3v) is 5.21. The number of fused-ring (bicyclic) bond motifs is 1. The Morgan fingerprint density at radius 3 is 2.54 bits per heavy atom. The summed E-state index contributed by atoms with van der Waals surface area (Å²) < 4.78 is 22.5. The van der Waals surface area contributed by atoms with Crippen molar-refractivity contribution < 1.29 is 18.0 Å². The molecular formula is C18H19N3O4S. The SMILES string of the molecule is NS(=O)(=O)c1ccc(CCNC(=O)C2CC(=O)Nc3ccccc32)cc1. The molecule has 136 valence electrons. The second-order valence-corrected chi connectivity index (χ2v) is 7.68. The number of para-hydroxylation sites is 1. The highest BCUT2D eigenvalue weighted by Gasteiger charge is 2.30. The maximum atomic E-state index is 12.5. The lowest BCUT2D eigenvalue weighted by Crippen LogP contribution is -2.35. The first-order chi connectivity index (χ1) is 12.3. The Balaban J connectivity index is 1.60. The number of amides is 2. The zero-order chi connectivity index (χ0) is 18.7. The van der Waals surface area contributed by atoms with Crippen LogP contribution in [-0.4, -0.2) is 26.8 Å². The molecular weight excluding hydrogens is 354 g/mol. The van der Waals surface area contributed by atoms with Gasteiger partial charge < -0.3 is 10.6 Å². The molecule has 0 bridgehead atoms. The lowest BCUT2D eigenvalue weighted by Gasteiger charge is -2.24. The summed E-state index contributed by atoms with van der Waals surface area (Å²) in [5.41, 5.74) is 2.35. The van der Waals surface area contributed by atoms with Gasteiger partial charge in [0.1, 0.15) is 0 Å². The van der Waals surface area contributed by atoms with Gasteiger partial charge in [-0.2, -0.15) is 0 Å². The molecule has 1 unspecified atom stereocenters. The number of nitrogens with one attached hydrogen (secondary N) is 2. The third kappa shape index (κ3) is 4.09. The van der Waals surface area contributed by atoms with Crippen molar-refractivity contribution in [3.8, 4) is 0 Å². The van der Waals surface area contributed by atoms with Crippen molar-refractivity contribution in [2.24, 2.45) is 5.14 Å². The molecule has 26 heavy (non-hydrogen) atoms. The molecule has 1 aliphatic rings. The summed E-state index contributed by atoms with van der Waals surface area (Å²) >= 11 is 0. The van der Waals surface area contributed by atoms with Crippen LogP contribution in [0.2, 0.25) is 0 Å². The maximum Gasteiger partial charge on any atom is 0.238 e. The molecule has 3 rings (SSSR count). The number of nitrogens with two attached hydrogens (primary N) is 1. The van der Waals surface area contributed by atoms with E-state index in [1.807, 2.05) is 18.2 Å². The smallest absolute Gasteiger partial charge is 0.238 e. The molecule has 1 atom stereocenters. The highest BCUT2D eigenvalue weighted by atomic mass is 32.2. The topological polar surface area (TPSA) is 118 Å². The van der Waals surface area contributed by atoms with Crippen LogP contribution in [0.15, 0.2) is 53.4 Å². The normalized spacial score (nSPS) is 16.5. The van der Waals surface area contributed by atoms with Crippen molar-refractivity contribution in [2.75, 3.05) is 11.9 Å². The van der Waals surface area contributed by atoms with Crippen LogP contribution in [0.1, 0.15) is 23.5 Å². The van der Waals surface area contributed by atoms with Gasteiger partial charge in [-0.3, -0.25) is 9.59 Å². The predicted octanol–water partition coefficient (Wildman–Crippen LogP) is 1.12. The number of hydrogen-bond donors (Lipinski definition) is 3. The van der Waals surface area contributed by atoms with Crippen LogP contribution in [0.25, 0.3) is 0 Å². The Kier molecular flexibility index (Phi) is 5.06. The van der Waals surface area contributed by atoms with Gasteiger partial charge in [-0.05, 0) is 35.7 Å². The number of rotatable bonds is 5. The zero-order valence-electron chi connectivity index (χ0n) is 13.9. The van der Waals surface area contributed by atoms with E-state index in [4.69, 9.17) is 5.14 Å². The van der Waals surface area contributed by atoms with Gasteiger partial charge in [0.25, 0.3) is 0 Å². The van der Waals surface area contributed by atoms with E-state index in [1.165, 1.54) is 12.1 Å². The number of benzene rings is 2. The van der Waals surface area contributed by atoms with Gasteiger partial charge in [0.05, 0.1) is 10.8 Å². The summed E-state index contributed by atoms with van der Waals surface area (Å²) in [6, 6.07) is 13.5. The molecule has 2 aromatic rings. The van der Waals surface area contributed by atoms with Crippen LogP contribution in [0.4, 0.5) is 5.69 Å². The Morgan fingerprint density at radius 2 is 1.85 bits per heavy atom. The van der Waals surface area contributed by atoms with Gasteiger partial charge in [-0.1, -0.05) is 30.3 Å². The van der Waals surface area contributed by atoms with E-state index in [9.17, 15) is 18.0 Å². The highest BCUT2D eigenvalue weighted by Crippen LogP contribution is 2.31. The minimum Gasteiger partial charge on any atom is -0.355 e. The average molecular weight is 373 g/mol. The van der Waals surface area contributed by atoms with Crippen molar-refractivity contribution in [1.29, 1.82) is 0 Å². The van der Waals surface area contributed by atoms with Crippen molar-refractivity contribution in [3.05, 3.63) is 59.7 Å². The van der Waals surface area contributed by atoms with Crippen molar-refractivity contribution >= 4 is 27.5 Å². The van der Waals surface area contributed by atoms with Gasteiger partial charge in [0.15, 0.2) is 0 Å². The van der Waals surface area contributed by atoms with Gasteiger partial charge in [0.2, 0.25) is 21.8 Å². The summed E-state index contributed by atoms with van der Waals surface area (Å²) in [6.45, 7) is 0.383. The number of sulfonamides is 1. The van der Waals surface area contributed by atoms with E-state index in [0.717, 1.165) is 11.1 Å². The largest absolute Gasteiger partial charge is 0.355 e. The third-order valence-electron chi connectivity index (χ3n) is 4.28. The summed E-state index contributed by atoms with van der Waals surface area (Å²) in [5.74, 6) is -0.888. The Morgan fingerprint density at radius 1 is 1.15 bits per heavy atom. The Hall–Kier alpha value is -2.71. The quantitative estimate of drug-likeness (QED) is 0.728. The molecule has 2 aromatic carbocycles. The Bertz CT molecular complexity index is 939. The van der Waals surface area contributed by atoms with Crippen LogP contribution in [0.5, 0.6) is 0 Å². The van der Waals surface area contributed by atoms with E-state index < -0.39 is 15.9 Å². The van der Waals surface area contributed by atoms with E-state index in [-0.39, 0.29) is 23.1 Å². The minimum atomic E-state index is -3.71. The van der Waals surface area contributed by atoms with E-state index >= 15 is 0 Å². The molecule has 0 radical (unpaired) electrons. The van der Waals surface area contributed by atoms with Crippen molar-refractivity contribution in [3.63, 3.8) is 0 Å². The van der Waals surface area contributed by atoms with Gasteiger partial charge >= 0.3 is 0 Å². The maximum absolute atomic E-state index is 12.5.